The van der Waals surface area contributed by atoms with Gasteiger partial charge in [0.15, 0.2) is 11.9 Å². The summed E-state index contributed by atoms with van der Waals surface area (Å²) in [6.45, 7) is 1.82. The van der Waals surface area contributed by atoms with Crippen molar-refractivity contribution in [1.82, 2.24) is 10.5 Å². The van der Waals surface area contributed by atoms with Crippen molar-refractivity contribution in [1.29, 1.82) is 0 Å². The summed E-state index contributed by atoms with van der Waals surface area (Å²) in [7, 11) is 3.06. The predicted molar refractivity (Wildman–Crippen MR) is 73.1 cm³/mol. The molecule has 2 rings (SSSR count). The van der Waals surface area contributed by atoms with Crippen molar-refractivity contribution in [2.24, 2.45) is 0 Å². The minimum Gasteiger partial charge on any atom is -0.356 e. The van der Waals surface area contributed by atoms with Gasteiger partial charge in [0, 0.05) is 19.6 Å². The molecule has 1 unspecified atom stereocenters. The molecular formula is C14H18N2O4. The summed E-state index contributed by atoms with van der Waals surface area (Å²) in [5.74, 6) is -0.157. The number of benzene rings is 1. The Bertz CT molecular complexity index is 577. The molecular weight excluding hydrogens is 260 g/mol. The minimum atomic E-state index is -0.479. The number of para-hydroxylation sites is 1. The fraction of sp³-hybridized carbons (Fsp3) is 0.429. The van der Waals surface area contributed by atoms with E-state index in [1.807, 2.05) is 31.2 Å². The third-order valence-corrected chi connectivity index (χ3v) is 3.04. The summed E-state index contributed by atoms with van der Waals surface area (Å²) in [6, 6.07) is 7.19. The molecule has 0 bridgehead atoms. The zero-order valence-corrected chi connectivity index (χ0v) is 11.8. The van der Waals surface area contributed by atoms with Crippen LogP contribution in [0.3, 0.4) is 0 Å². The number of aromatic nitrogens is 1. The highest BCUT2D eigenvalue weighted by atomic mass is 16.7. The first-order valence-corrected chi connectivity index (χ1v) is 6.34. The minimum absolute atomic E-state index is 0.154. The highest BCUT2D eigenvalue weighted by Crippen LogP contribution is 2.18. The number of methoxy groups -OCH3 is 2. The smallest absolute Gasteiger partial charge is 0.226 e. The molecule has 0 spiro atoms. The third-order valence-electron chi connectivity index (χ3n) is 3.04. The molecule has 108 valence electrons. The second kappa shape index (κ2) is 6.49. The predicted octanol–water partition coefficient (Wildman–Crippen LogP) is 1.49. The fourth-order valence-electron chi connectivity index (χ4n) is 2.10. The molecule has 0 aliphatic carbocycles. The molecule has 0 fully saturated rings. The maximum Gasteiger partial charge on any atom is 0.226 e. The van der Waals surface area contributed by atoms with E-state index in [-0.39, 0.29) is 18.4 Å². The molecule has 20 heavy (non-hydrogen) atoms. The van der Waals surface area contributed by atoms with Crippen molar-refractivity contribution in [3.05, 3.63) is 30.0 Å². The van der Waals surface area contributed by atoms with Gasteiger partial charge >= 0.3 is 0 Å². The molecule has 1 heterocycles. The maximum absolute atomic E-state index is 12.0. The van der Waals surface area contributed by atoms with Gasteiger partial charge in [-0.1, -0.05) is 17.3 Å². The number of amides is 1. The summed E-state index contributed by atoms with van der Waals surface area (Å²) in [4.78, 5) is 12.0. The van der Waals surface area contributed by atoms with Crippen LogP contribution in [-0.4, -0.2) is 37.6 Å². The van der Waals surface area contributed by atoms with Crippen LogP contribution < -0.4 is 5.32 Å². The number of fused-ring (bicyclic) bond motifs is 1. The number of hydrogen-bond acceptors (Lipinski definition) is 5. The van der Waals surface area contributed by atoms with Gasteiger partial charge in [0.2, 0.25) is 5.91 Å². The van der Waals surface area contributed by atoms with Gasteiger partial charge in [-0.15, -0.1) is 0 Å². The van der Waals surface area contributed by atoms with Gasteiger partial charge in [0.05, 0.1) is 12.5 Å². The summed E-state index contributed by atoms with van der Waals surface area (Å²) in [6.07, 6.45) is -0.324. The van der Waals surface area contributed by atoms with E-state index in [2.05, 4.69) is 10.5 Å². The van der Waals surface area contributed by atoms with Crippen LogP contribution in [0, 0.1) is 0 Å². The molecule has 6 nitrogen and oxygen atoms in total. The highest BCUT2D eigenvalue weighted by Gasteiger charge is 2.19. The second-order valence-electron chi connectivity index (χ2n) is 4.50. The summed E-state index contributed by atoms with van der Waals surface area (Å²) in [5.41, 5.74) is 1.30. The standard InChI is InChI=1S/C14H18N2O4/c1-9(14(18-2)19-3)15-13(17)8-11-10-6-4-5-7-12(10)20-16-11/h4-7,9,14H,8H2,1-3H3,(H,15,17). The van der Waals surface area contributed by atoms with E-state index in [0.717, 1.165) is 5.39 Å². The molecule has 6 heteroatoms. The van der Waals surface area contributed by atoms with Crippen LogP contribution in [-0.2, 0) is 20.7 Å². The molecule has 1 amide bonds. The number of carbonyl (C=O) groups is 1. The van der Waals surface area contributed by atoms with E-state index in [9.17, 15) is 4.79 Å². The van der Waals surface area contributed by atoms with Gasteiger partial charge in [0.1, 0.15) is 5.69 Å². The number of hydrogen-bond donors (Lipinski definition) is 1. The maximum atomic E-state index is 12.0. The molecule has 0 radical (unpaired) electrons. The normalized spacial score (nSPS) is 12.8. The summed E-state index contributed by atoms with van der Waals surface area (Å²) < 4.78 is 15.4. The Labute approximate surface area is 117 Å². The van der Waals surface area contributed by atoms with E-state index < -0.39 is 6.29 Å². The molecule has 1 atom stereocenters. The van der Waals surface area contributed by atoms with Crippen LogP contribution >= 0.6 is 0 Å². The van der Waals surface area contributed by atoms with Crippen molar-refractivity contribution >= 4 is 16.9 Å². The van der Waals surface area contributed by atoms with Gasteiger partial charge in [0.25, 0.3) is 0 Å². The van der Waals surface area contributed by atoms with Gasteiger partial charge < -0.3 is 19.3 Å². The number of carbonyl (C=O) groups excluding carboxylic acids is 1. The van der Waals surface area contributed by atoms with E-state index in [1.54, 1.807) is 0 Å². The third kappa shape index (κ3) is 3.15. The summed E-state index contributed by atoms with van der Waals surface area (Å²) in [5, 5.41) is 7.60. The van der Waals surface area contributed by atoms with Crippen molar-refractivity contribution in [2.75, 3.05) is 14.2 Å². The van der Waals surface area contributed by atoms with Crippen LogP contribution in [0.2, 0.25) is 0 Å². The van der Waals surface area contributed by atoms with Crippen LogP contribution in [0.5, 0.6) is 0 Å². The van der Waals surface area contributed by atoms with E-state index >= 15 is 0 Å². The SMILES string of the molecule is COC(OC)C(C)NC(=O)Cc1noc2ccccc12. The Morgan fingerprint density at radius 2 is 2.05 bits per heavy atom. The monoisotopic (exact) mass is 278 g/mol. The van der Waals surface area contributed by atoms with Gasteiger partial charge in [-0.05, 0) is 19.1 Å². The quantitative estimate of drug-likeness (QED) is 0.810. The summed E-state index contributed by atoms with van der Waals surface area (Å²) >= 11 is 0. The first-order chi connectivity index (χ1) is 9.65. The molecule has 2 aromatic rings. The van der Waals surface area contributed by atoms with Gasteiger partial charge in [-0.25, -0.2) is 0 Å². The Balaban J connectivity index is 2.01. The van der Waals surface area contributed by atoms with Crippen molar-refractivity contribution in [2.45, 2.75) is 25.7 Å². The number of nitrogens with zero attached hydrogens (tertiary/aromatic N) is 1. The lowest BCUT2D eigenvalue weighted by Gasteiger charge is -2.21. The average Bonchev–Trinajstić information content (AvgIpc) is 2.83. The lowest BCUT2D eigenvalue weighted by atomic mass is 10.1. The Morgan fingerprint density at radius 3 is 2.75 bits per heavy atom. The average molecular weight is 278 g/mol. The Hall–Kier alpha value is -1.92. The van der Waals surface area contributed by atoms with Gasteiger partial charge in [-0.3, -0.25) is 4.79 Å². The van der Waals surface area contributed by atoms with Crippen LogP contribution in [0.15, 0.2) is 28.8 Å². The lowest BCUT2D eigenvalue weighted by molar-refractivity contribution is -0.135. The molecule has 1 aromatic heterocycles. The molecule has 0 aliphatic rings. The zero-order valence-electron chi connectivity index (χ0n) is 11.8. The van der Waals surface area contributed by atoms with E-state index in [1.165, 1.54) is 14.2 Å². The van der Waals surface area contributed by atoms with E-state index in [0.29, 0.717) is 11.3 Å². The largest absolute Gasteiger partial charge is 0.356 e. The molecule has 0 saturated carbocycles. The van der Waals surface area contributed by atoms with Crippen LogP contribution in [0.1, 0.15) is 12.6 Å². The number of ether oxygens (including phenoxy) is 2. The number of nitrogens with one attached hydrogen (secondary N) is 1. The second-order valence-corrected chi connectivity index (χ2v) is 4.50. The molecule has 1 aromatic carbocycles. The molecule has 1 N–H and O–H groups in total. The number of rotatable bonds is 6. The zero-order chi connectivity index (χ0) is 14.5. The van der Waals surface area contributed by atoms with Crippen molar-refractivity contribution in [3.63, 3.8) is 0 Å². The first-order valence-electron chi connectivity index (χ1n) is 6.34. The van der Waals surface area contributed by atoms with E-state index in [4.69, 9.17) is 14.0 Å². The van der Waals surface area contributed by atoms with Crippen LogP contribution in [0.25, 0.3) is 11.0 Å². The topological polar surface area (TPSA) is 73.6 Å². The highest BCUT2D eigenvalue weighted by molar-refractivity contribution is 5.86. The Morgan fingerprint density at radius 1 is 1.35 bits per heavy atom. The van der Waals surface area contributed by atoms with Crippen molar-refractivity contribution < 1.29 is 18.8 Å². The van der Waals surface area contributed by atoms with Crippen LogP contribution in [0.4, 0.5) is 0 Å². The Kier molecular flexibility index (Phi) is 4.70. The first kappa shape index (κ1) is 14.5. The lowest BCUT2D eigenvalue weighted by Crippen LogP contribution is -2.43. The fourth-order valence-corrected chi connectivity index (χ4v) is 2.10. The van der Waals surface area contributed by atoms with Crippen molar-refractivity contribution in [3.8, 4) is 0 Å². The molecule has 0 aliphatic heterocycles. The van der Waals surface area contributed by atoms with Gasteiger partial charge in [-0.2, -0.15) is 0 Å². The molecule has 0 saturated heterocycles.